The van der Waals surface area contributed by atoms with E-state index in [0.717, 1.165) is 16.9 Å². The van der Waals surface area contributed by atoms with E-state index in [1.807, 2.05) is 24.4 Å². The molecule has 0 aromatic heterocycles. The fraction of sp³-hybridized carbons (Fsp3) is 0.200. The smallest absolute Gasteiger partial charge is 0.127 e. The van der Waals surface area contributed by atoms with E-state index >= 15 is 0 Å². The molecule has 67 valence electrons. The molecule has 3 N–H and O–H groups in total. The summed E-state index contributed by atoms with van der Waals surface area (Å²) in [4.78, 5) is 0. The Morgan fingerprint density at radius 1 is 1.62 bits per heavy atom. The van der Waals surface area contributed by atoms with Crippen LogP contribution in [0.2, 0.25) is 0 Å². The van der Waals surface area contributed by atoms with Crippen molar-refractivity contribution in [3.8, 4) is 5.75 Å². The summed E-state index contributed by atoms with van der Waals surface area (Å²) in [6.45, 7) is 0. The van der Waals surface area contributed by atoms with Crippen molar-refractivity contribution in [3.05, 3.63) is 35.5 Å². The number of hydrogen-bond donors (Lipinski definition) is 2. The second kappa shape index (κ2) is 3.11. The minimum atomic E-state index is -0.137. The maximum Gasteiger partial charge on any atom is 0.127 e. The average Bonchev–Trinajstić information content (AvgIpc) is 2.18. The van der Waals surface area contributed by atoms with E-state index in [0.29, 0.717) is 0 Å². The largest absolute Gasteiger partial charge is 0.496 e. The van der Waals surface area contributed by atoms with Gasteiger partial charge in [-0.05, 0) is 35.5 Å². The van der Waals surface area contributed by atoms with E-state index in [1.165, 1.54) is 0 Å². The lowest BCUT2D eigenvalue weighted by atomic mass is 10.0. The summed E-state index contributed by atoms with van der Waals surface area (Å²) in [5, 5.41) is 3.01. The van der Waals surface area contributed by atoms with Crippen molar-refractivity contribution >= 4 is 6.08 Å². The molecule has 3 nitrogen and oxygen atoms in total. The van der Waals surface area contributed by atoms with Crippen molar-refractivity contribution in [2.24, 2.45) is 5.73 Å². The maximum absolute atomic E-state index is 5.81. The first kappa shape index (κ1) is 8.13. The van der Waals surface area contributed by atoms with Crippen LogP contribution in [-0.2, 0) is 0 Å². The van der Waals surface area contributed by atoms with E-state index in [4.69, 9.17) is 10.5 Å². The van der Waals surface area contributed by atoms with Gasteiger partial charge in [-0.1, -0.05) is 0 Å². The highest BCUT2D eigenvalue weighted by atomic mass is 16.5. The van der Waals surface area contributed by atoms with Crippen LogP contribution in [0.15, 0.2) is 18.3 Å². The Morgan fingerprint density at radius 2 is 2.46 bits per heavy atom. The molecule has 0 amide bonds. The van der Waals surface area contributed by atoms with Crippen LogP contribution >= 0.6 is 0 Å². The number of fused-ring (bicyclic) bond motifs is 1. The molecular formula is C10H11N2O. The number of nitrogens with one attached hydrogen (secondary N) is 1. The second-order valence-electron chi connectivity index (χ2n) is 2.89. The molecule has 0 bridgehead atoms. The van der Waals surface area contributed by atoms with Gasteiger partial charge in [-0.2, -0.15) is 0 Å². The zero-order valence-corrected chi connectivity index (χ0v) is 7.37. The van der Waals surface area contributed by atoms with E-state index in [-0.39, 0.29) is 6.17 Å². The topological polar surface area (TPSA) is 47.3 Å². The number of rotatable bonds is 1. The van der Waals surface area contributed by atoms with Crippen molar-refractivity contribution in [1.29, 1.82) is 0 Å². The number of ether oxygens (including phenoxy) is 1. The Balaban J connectivity index is 2.47. The van der Waals surface area contributed by atoms with Crippen LogP contribution in [0.25, 0.3) is 6.08 Å². The van der Waals surface area contributed by atoms with Gasteiger partial charge in [0.25, 0.3) is 0 Å². The summed E-state index contributed by atoms with van der Waals surface area (Å²) in [6.07, 6.45) is 3.67. The van der Waals surface area contributed by atoms with E-state index < -0.39 is 0 Å². The van der Waals surface area contributed by atoms with Gasteiger partial charge in [-0.25, -0.2) is 0 Å². The van der Waals surface area contributed by atoms with Gasteiger partial charge in [-0.15, -0.1) is 0 Å². The van der Waals surface area contributed by atoms with Crippen LogP contribution in [0.1, 0.15) is 17.3 Å². The van der Waals surface area contributed by atoms with Crippen molar-refractivity contribution in [1.82, 2.24) is 5.32 Å². The highest BCUT2D eigenvalue weighted by Gasteiger charge is 2.12. The maximum atomic E-state index is 5.81. The SMILES string of the molecule is COc1[c]cc2c(c1)C=CNC2N. The first-order valence-corrected chi connectivity index (χ1v) is 4.09. The highest BCUT2D eigenvalue weighted by Crippen LogP contribution is 2.23. The van der Waals surface area contributed by atoms with Gasteiger partial charge >= 0.3 is 0 Å². The summed E-state index contributed by atoms with van der Waals surface area (Å²) in [7, 11) is 1.63. The average molecular weight is 175 g/mol. The Morgan fingerprint density at radius 3 is 3.23 bits per heavy atom. The van der Waals surface area contributed by atoms with Crippen molar-refractivity contribution < 1.29 is 4.74 Å². The van der Waals surface area contributed by atoms with Gasteiger partial charge in [0.1, 0.15) is 11.9 Å². The third kappa shape index (κ3) is 1.38. The van der Waals surface area contributed by atoms with Crippen molar-refractivity contribution in [3.63, 3.8) is 0 Å². The third-order valence-corrected chi connectivity index (χ3v) is 2.08. The van der Waals surface area contributed by atoms with E-state index in [1.54, 1.807) is 7.11 Å². The van der Waals surface area contributed by atoms with Crippen LogP contribution in [-0.4, -0.2) is 7.11 Å². The Bertz CT molecular complexity index is 347. The molecule has 1 aromatic rings. The Hall–Kier alpha value is -1.48. The predicted molar refractivity (Wildman–Crippen MR) is 50.9 cm³/mol. The lowest BCUT2D eigenvalue weighted by Crippen LogP contribution is -2.27. The highest BCUT2D eigenvalue weighted by molar-refractivity contribution is 5.58. The van der Waals surface area contributed by atoms with Crippen LogP contribution in [0.5, 0.6) is 5.75 Å². The van der Waals surface area contributed by atoms with Gasteiger partial charge in [0.05, 0.1) is 7.11 Å². The molecule has 1 heterocycles. The number of nitrogens with two attached hydrogens (primary N) is 1. The van der Waals surface area contributed by atoms with Gasteiger partial charge in [0.2, 0.25) is 0 Å². The zero-order valence-electron chi connectivity index (χ0n) is 7.37. The van der Waals surface area contributed by atoms with E-state index in [9.17, 15) is 0 Å². The molecule has 0 aliphatic carbocycles. The zero-order chi connectivity index (χ0) is 9.26. The summed E-state index contributed by atoms with van der Waals surface area (Å²) in [5.74, 6) is 0.734. The molecule has 1 aliphatic rings. The summed E-state index contributed by atoms with van der Waals surface area (Å²) < 4.78 is 5.06. The fourth-order valence-electron chi connectivity index (χ4n) is 1.36. The molecule has 1 radical (unpaired) electrons. The first-order valence-electron chi connectivity index (χ1n) is 4.09. The van der Waals surface area contributed by atoms with Gasteiger partial charge < -0.3 is 15.8 Å². The van der Waals surface area contributed by atoms with Crippen molar-refractivity contribution in [2.75, 3.05) is 7.11 Å². The van der Waals surface area contributed by atoms with Gasteiger partial charge in [0.15, 0.2) is 0 Å². The monoisotopic (exact) mass is 175 g/mol. The third-order valence-electron chi connectivity index (χ3n) is 2.08. The van der Waals surface area contributed by atoms with Crippen LogP contribution < -0.4 is 15.8 Å². The first-order chi connectivity index (χ1) is 6.31. The molecule has 0 saturated carbocycles. The molecule has 0 fully saturated rings. The molecule has 0 spiro atoms. The molecule has 1 aliphatic heterocycles. The quantitative estimate of drug-likeness (QED) is 0.670. The molecule has 13 heavy (non-hydrogen) atoms. The molecule has 1 atom stereocenters. The normalized spacial score (nSPS) is 19.1. The predicted octanol–water partition coefficient (Wildman–Crippen LogP) is 1.03. The van der Waals surface area contributed by atoms with Crippen molar-refractivity contribution in [2.45, 2.75) is 6.17 Å². The number of benzene rings is 1. The van der Waals surface area contributed by atoms with Gasteiger partial charge in [0, 0.05) is 6.07 Å². The minimum Gasteiger partial charge on any atom is -0.496 e. The molecule has 2 rings (SSSR count). The summed E-state index contributed by atoms with van der Waals surface area (Å²) in [5.41, 5.74) is 7.94. The summed E-state index contributed by atoms with van der Waals surface area (Å²) >= 11 is 0. The van der Waals surface area contributed by atoms with Crippen LogP contribution in [0.3, 0.4) is 0 Å². The van der Waals surface area contributed by atoms with Crippen LogP contribution in [0, 0.1) is 6.07 Å². The standard InChI is InChI=1S/C10H11N2O/c1-13-8-2-3-9-7(6-8)4-5-12-10(9)11/h3-6,10,12H,11H2,1H3. The molecule has 3 heteroatoms. The van der Waals surface area contributed by atoms with E-state index in [2.05, 4.69) is 11.4 Å². The Labute approximate surface area is 77.2 Å². The molecule has 0 saturated heterocycles. The fourth-order valence-corrected chi connectivity index (χ4v) is 1.36. The lowest BCUT2D eigenvalue weighted by molar-refractivity contribution is 0.413. The van der Waals surface area contributed by atoms with Gasteiger partial charge in [-0.3, -0.25) is 0 Å². The second-order valence-corrected chi connectivity index (χ2v) is 2.89. The molecular weight excluding hydrogens is 164 g/mol. The molecule has 1 unspecified atom stereocenters. The number of methoxy groups -OCH3 is 1. The lowest BCUT2D eigenvalue weighted by Gasteiger charge is -2.19. The number of hydrogen-bond acceptors (Lipinski definition) is 3. The Kier molecular flexibility index (Phi) is 1.94. The molecule has 1 aromatic carbocycles. The van der Waals surface area contributed by atoms with Crippen LogP contribution in [0.4, 0.5) is 0 Å². The summed E-state index contributed by atoms with van der Waals surface area (Å²) in [6, 6.07) is 6.78. The minimum absolute atomic E-state index is 0.137.